The van der Waals surface area contributed by atoms with Crippen molar-refractivity contribution in [2.24, 2.45) is 0 Å². The SMILES string of the molecule is Nc1c(Cl)cccc1N1CC(=O)Nc2ccccc21. The van der Waals surface area contributed by atoms with E-state index in [0.717, 1.165) is 17.1 Å². The Kier molecular flexibility index (Phi) is 2.80. The number of rotatable bonds is 1. The number of benzene rings is 2. The number of carbonyl (C=O) groups is 1. The van der Waals surface area contributed by atoms with Crippen LogP contribution in [-0.2, 0) is 4.79 Å². The first-order valence-electron chi connectivity index (χ1n) is 5.87. The molecule has 1 heterocycles. The molecule has 1 aliphatic heterocycles. The van der Waals surface area contributed by atoms with Gasteiger partial charge in [-0.25, -0.2) is 0 Å². The van der Waals surface area contributed by atoms with Gasteiger partial charge in [0, 0.05) is 0 Å². The molecule has 2 aromatic carbocycles. The smallest absolute Gasteiger partial charge is 0.244 e. The number of amides is 1. The van der Waals surface area contributed by atoms with E-state index in [9.17, 15) is 4.79 Å². The highest BCUT2D eigenvalue weighted by Gasteiger charge is 2.24. The number of fused-ring (bicyclic) bond motifs is 1. The standard InChI is InChI=1S/C14H12ClN3O/c15-9-4-3-7-12(14(9)16)18-8-13(19)17-10-5-1-2-6-11(10)18/h1-7H,8,16H2,(H,17,19). The molecule has 5 heteroatoms. The van der Waals surface area contributed by atoms with Gasteiger partial charge in [-0.15, -0.1) is 0 Å². The maximum Gasteiger partial charge on any atom is 0.244 e. The second-order valence-electron chi connectivity index (χ2n) is 4.32. The Morgan fingerprint density at radius 1 is 1.11 bits per heavy atom. The van der Waals surface area contributed by atoms with Gasteiger partial charge < -0.3 is 16.0 Å². The summed E-state index contributed by atoms with van der Waals surface area (Å²) in [4.78, 5) is 13.6. The molecule has 0 aliphatic carbocycles. The highest BCUT2D eigenvalue weighted by molar-refractivity contribution is 6.33. The second kappa shape index (κ2) is 4.48. The monoisotopic (exact) mass is 273 g/mol. The Morgan fingerprint density at radius 3 is 2.68 bits per heavy atom. The summed E-state index contributed by atoms with van der Waals surface area (Å²) in [5.74, 6) is -0.0712. The van der Waals surface area contributed by atoms with Crippen LogP contribution in [0, 0.1) is 0 Å². The highest BCUT2D eigenvalue weighted by Crippen LogP contribution is 2.39. The van der Waals surface area contributed by atoms with Crippen molar-refractivity contribution in [2.45, 2.75) is 0 Å². The van der Waals surface area contributed by atoms with Gasteiger partial charge in [0.1, 0.15) is 6.54 Å². The minimum absolute atomic E-state index is 0.0712. The number of halogens is 1. The Balaban J connectivity index is 2.15. The van der Waals surface area contributed by atoms with Gasteiger partial charge >= 0.3 is 0 Å². The number of nitrogen functional groups attached to an aromatic ring is 1. The van der Waals surface area contributed by atoms with Gasteiger partial charge in [0.25, 0.3) is 0 Å². The van der Waals surface area contributed by atoms with Crippen molar-refractivity contribution in [2.75, 3.05) is 22.5 Å². The molecule has 0 fully saturated rings. The summed E-state index contributed by atoms with van der Waals surface area (Å²) in [6, 6.07) is 13.0. The van der Waals surface area contributed by atoms with Crippen LogP contribution in [0.1, 0.15) is 0 Å². The third kappa shape index (κ3) is 2.00. The summed E-state index contributed by atoms with van der Waals surface area (Å²) >= 11 is 6.04. The number of nitrogens with zero attached hydrogens (tertiary/aromatic N) is 1. The molecular weight excluding hydrogens is 262 g/mol. The van der Waals surface area contributed by atoms with E-state index in [2.05, 4.69) is 5.32 Å². The molecule has 0 aromatic heterocycles. The van der Waals surface area contributed by atoms with E-state index in [0.29, 0.717) is 10.7 Å². The van der Waals surface area contributed by atoms with Crippen molar-refractivity contribution >= 4 is 40.3 Å². The zero-order chi connectivity index (χ0) is 13.4. The quantitative estimate of drug-likeness (QED) is 0.785. The zero-order valence-corrected chi connectivity index (χ0v) is 10.8. The number of anilines is 4. The molecule has 3 rings (SSSR count). The summed E-state index contributed by atoms with van der Waals surface area (Å²) < 4.78 is 0. The summed E-state index contributed by atoms with van der Waals surface area (Å²) in [6.45, 7) is 0.224. The number of para-hydroxylation sites is 3. The van der Waals surface area contributed by atoms with Gasteiger partial charge in [0.2, 0.25) is 5.91 Å². The van der Waals surface area contributed by atoms with Gasteiger partial charge in [-0.2, -0.15) is 0 Å². The molecule has 2 aromatic rings. The largest absolute Gasteiger partial charge is 0.396 e. The Labute approximate surface area is 115 Å². The molecular formula is C14H12ClN3O. The molecule has 0 unspecified atom stereocenters. The lowest BCUT2D eigenvalue weighted by Gasteiger charge is -2.31. The first-order valence-corrected chi connectivity index (χ1v) is 6.25. The second-order valence-corrected chi connectivity index (χ2v) is 4.73. The molecule has 0 saturated carbocycles. The molecule has 0 saturated heterocycles. The van der Waals surface area contributed by atoms with Gasteiger partial charge in [0.15, 0.2) is 0 Å². The summed E-state index contributed by atoms with van der Waals surface area (Å²) in [7, 11) is 0. The van der Waals surface area contributed by atoms with Gasteiger partial charge in [-0.3, -0.25) is 4.79 Å². The van der Waals surface area contributed by atoms with E-state index in [-0.39, 0.29) is 12.5 Å². The van der Waals surface area contributed by atoms with Crippen molar-refractivity contribution in [1.29, 1.82) is 0 Å². The van der Waals surface area contributed by atoms with Crippen LogP contribution in [0.4, 0.5) is 22.7 Å². The third-order valence-electron chi connectivity index (χ3n) is 3.09. The van der Waals surface area contributed by atoms with Crippen LogP contribution in [0.5, 0.6) is 0 Å². The lowest BCUT2D eigenvalue weighted by atomic mass is 10.1. The van der Waals surface area contributed by atoms with Crippen molar-refractivity contribution in [3.8, 4) is 0 Å². The number of carbonyl (C=O) groups excluding carboxylic acids is 1. The molecule has 3 N–H and O–H groups in total. The molecule has 96 valence electrons. The molecule has 1 aliphatic rings. The Bertz CT molecular complexity index is 657. The fourth-order valence-electron chi connectivity index (χ4n) is 2.21. The summed E-state index contributed by atoms with van der Waals surface area (Å²) in [5, 5.41) is 3.33. The highest BCUT2D eigenvalue weighted by atomic mass is 35.5. The lowest BCUT2D eigenvalue weighted by Crippen LogP contribution is -2.35. The van der Waals surface area contributed by atoms with E-state index < -0.39 is 0 Å². The fraction of sp³-hybridized carbons (Fsp3) is 0.0714. The number of nitrogens with one attached hydrogen (secondary N) is 1. The maximum atomic E-state index is 11.8. The Morgan fingerprint density at radius 2 is 1.84 bits per heavy atom. The van der Waals surface area contributed by atoms with E-state index in [1.165, 1.54) is 0 Å². The van der Waals surface area contributed by atoms with Crippen molar-refractivity contribution in [3.05, 3.63) is 47.5 Å². The van der Waals surface area contributed by atoms with Crippen LogP contribution in [-0.4, -0.2) is 12.5 Å². The van der Waals surface area contributed by atoms with Crippen molar-refractivity contribution in [1.82, 2.24) is 0 Å². The average Bonchev–Trinajstić information content (AvgIpc) is 2.41. The molecule has 19 heavy (non-hydrogen) atoms. The number of hydrogen-bond donors (Lipinski definition) is 2. The van der Waals surface area contributed by atoms with Crippen LogP contribution in [0.3, 0.4) is 0 Å². The van der Waals surface area contributed by atoms with Gasteiger partial charge in [0.05, 0.1) is 27.8 Å². The predicted octanol–water partition coefficient (Wildman–Crippen LogP) is 3.01. The summed E-state index contributed by atoms with van der Waals surface area (Å²) in [6.07, 6.45) is 0. The Hall–Kier alpha value is -2.20. The third-order valence-corrected chi connectivity index (χ3v) is 3.42. The maximum absolute atomic E-state index is 11.8. The first kappa shape index (κ1) is 11.9. The van der Waals surface area contributed by atoms with E-state index in [1.807, 2.05) is 41.3 Å². The van der Waals surface area contributed by atoms with Crippen molar-refractivity contribution < 1.29 is 4.79 Å². The molecule has 1 amide bonds. The first-order chi connectivity index (χ1) is 9.16. The minimum Gasteiger partial charge on any atom is -0.396 e. The minimum atomic E-state index is -0.0712. The predicted molar refractivity (Wildman–Crippen MR) is 77.9 cm³/mol. The van der Waals surface area contributed by atoms with Crippen molar-refractivity contribution in [3.63, 3.8) is 0 Å². The number of nitrogens with two attached hydrogens (primary N) is 1. The number of hydrogen-bond acceptors (Lipinski definition) is 3. The molecule has 4 nitrogen and oxygen atoms in total. The van der Waals surface area contributed by atoms with Crippen LogP contribution < -0.4 is 16.0 Å². The van der Waals surface area contributed by atoms with Gasteiger partial charge in [-0.1, -0.05) is 29.8 Å². The fourth-order valence-corrected chi connectivity index (χ4v) is 2.38. The molecule has 0 radical (unpaired) electrons. The topological polar surface area (TPSA) is 58.4 Å². The van der Waals surface area contributed by atoms with E-state index >= 15 is 0 Å². The van der Waals surface area contributed by atoms with Gasteiger partial charge in [-0.05, 0) is 24.3 Å². The average molecular weight is 274 g/mol. The molecule has 0 atom stereocenters. The van der Waals surface area contributed by atoms with E-state index in [4.69, 9.17) is 17.3 Å². The summed E-state index contributed by atoms with van der Waals surface area (Å²) in [5.41, 5.74) is 8.93. The van der Waals surface area contributed by atoms with Crippen LogP contribution in [0.2, 0.25) is 5.02 Å². The van der Waals surface area contributed by atoms with Crippen LogP contribution >= 0.6 is 11.6 Å². The molecule has 0 bridgehead atoms. The van der Waals surface area contributed by atoms with E-state index in [1.54, 1.807) is 6.07 Å². The molecule has 0 spiro atoms. The normalized spacial score (nSPS) is 13.9. The zero-order valence-electron chi connectivity index (χ0n) is 10.1. The van der Waals surface area contributed by atoms with Crippen LogP contribution in [0.15, 0.2) is 42.5 Å². The van der Waals surface area contributed by atoms with Crippen LogP contribution in [0.25, 0.3) is 0 Å². The lowest BCUT2D eigenvalue weighted by molar-refractivity contribution is -0.115.